The Morgan fingerprint density at radius 1 is 1.25 bits per heavy atom. The van der Waals surface area contributed by atoms with Crippen LogP contribution >= 0.6 is 27.5 Å². The van der Waals surface area contributed by atoms with Crippen LogP contribution in [0.1, 0.15) is 15.9 Å². The smallest absolute Gasteiger partial charge is 0.261 e. The van der Waals surface area contributed by atoms with Crippen LogP contribution in [0, 0.1) is 18.6 Å². The van der Waals surface area contributed by atoms with Gasteiger partial charge in [0.25, 0.3) is 5.91 Å². The van der Waals surface area contributed by atoms with Gasteiger partial charge in [-0.15, -0.1) is 0 Å². The molecule has 1 N–H and O–H groups in total. The predicted octanol–water partition coefficient (Wildman–Crippen LogP) is 4.94. The third-order valence-corrected chi connectivity index (χ3v) is 3.75. The van der Waals surface area contributed by atoms with Crippen molar-refractivity contribution >= 4 is 39.1 Å². The van der Waals surface area contributed by atoms with Crippen molar-refractivity contribution in [2.24, 2.45) is 0 Å². The van der Waals surface area contributed by atoms with Gasteiger partial charge in [-0.1, -0.05) is 17.7 Å². The Hall–Kier alpha value is -1.46. The number of anilines is 1. The maximum atomic E-state index is 13.5. The van der Waals surface area contributed by atoms with Crippen molar-refractivity contribution in [1.82, 2.24) is 0 Å². The summed E-state index contributed by atoms with van der Waals surface area (Å²) in [5, 5.41) is 2.87. The Morgan fingerprint density at radius 3 is 2.45 bits per heavy atom. The topological polar surface area (TPSA) is 29.1 Å². The van der Waals surface area contributed by atoms with E-state index in [-0.39, 0.29) is 0 Å². The number of nitrogens with one attached hydrogen (secondary N) is 1. The van der Waals surface area contributed by atoms with E-state index in [1.807, 2.05) is 0 Å². The van der Waals surface area contributed by atoms with E-state index in [4.69, 9.17) is 11.6 Å². The normalized spacial score (nSPS) is 10.4. The monoisotopic (exact) mass is 359 g/mol. The van der Waals surface area contributed by atoms with Crippen LogP contribution in [0.5, 0.6) is 0 Å². The van der Waals surface area contributed by atoms with Gasteiger partial charge in [-0.25, -0.2) is 8.78 Å². The summed E-state index contributed by atoms with van der Waals surface area (Å²) in [6.45, 7) is 1.80. The molecule has 0 radical (unpaired) electrons. The van der Waals surface area contributed by atoms with E-state index in [0.717, 1.165) is 17.7 Å². The van der Waals surface area contributed by atoms with Crippen molar-refractivity contribution in [3.05, 3.63) is 62.6 Å². The summed E-state index contributed by atoms with van der Waals surface area (Å²) in [4.78, 5) is 11.9. The molecule has 0 fully saturated rings. The average molecular weight is 361 g/mol. The highest BCUT2D eigenvalue weighted by Crippen LogP contribution is 2.29. The van der Waals surface area contributed by atoms with Gasteiger partial charge in [0.1, 0.15) is 17.2 Å². The molecule has 0 aliphatic rings. The van der Waals surface area contributed by atoms with Gasteiger partial charge in [0.2, 0.25) is 0 Å². The van der Waals surface area contributed by atoms with Crippen LogP contribution in [0.4, 0.5) is 14.5 Å². The number of rotatable bonds is 2. The van der Waals surface area contributed by atoms with Crippen LogP contribution in [0.2, 0.25) is 5.02 Å². The number of aryl methyl sites for hydroxylation is 1. The maximum Gasteiger partial charge on any atom is 0.261 e. The minimum atomic E-state index is -0.920. The van der Waals surface area contributed by atoms with Crippen molar-refractivity contribution in [2.45, 2.75) is 6.92 Å². The molecule has 0 bridgehead atoms. The fraction of sp³-hybridized carbons (Fsp3) is 0.0714. The number of carbonyl (C=O) groups excluding carboxylic acids is 1. The first-order valence-corrected chi connectivity index (χ1v) is 6.78. The molecule has 2 nitrogen and oxygen atoms in total. The first kappa shape index (κ1) is 14.9. The zero-order valence-electron chi connectivity index (χ0n) is 10.3. The largest absolute Gasteiger partial charge is 0.321 e. The fourth-order valence-corrected chi connectivity index (χ4v) is 2.36. The molecule has 104 valence electrons. The molecule has 0 saturated heterocycles. The molecule has 0 saturated carbocycles. The van der Waals surface area contributed by atoms with Crippen molar-refractivity contribution < 1.29 is 13.6 Å². The van der Waals surface area contributed by atoms with Crippen LogP contribution in [0.25, 0.3) is 0 Å². The fourth-order valence-electron chi connectivity index (χ4n) is 1.64. The van der Waals surface area contributed by atoms with E-state index in [9.17, 15) is 13.6 Å². The second-order valence-corrected chi connectivity index (χ2v) is 5.39. The molecule has 0 aliphatic heterocycles. The number of amides is 1. The summed E-state index contributed by atoms with van der Waals surface area (Å²) in [5.74, 6) is -2.71. The standard InChI is InChI=1S/C14H9BrClF2NO/c1-7-5-8(15)12(6-9(7)16)19-14(20)13-10(17)3-2-4-11(13)18/h2-6H,1H3,(H,19,20). The third-order valence-electron chi connectivity index (χ3n) is 2.69. The van der Waals surface area contributed by atoms with Gasteiger partial charge in [0.05, 0.1) is 5.69 Å². The number of halogens is 4. The first-order chi connectivity index (χ1) is 9.40. The van der Waals surface area contributed by atoms with E-state index in [1.54, 1.807) is 13.0 Å². The lowest BCUT2D eigenvalue weighted by molar-refractivity contribution is 0.101. The minimum absolute atomic E-state index is 0.341. The van der Waals surface area contributed by atoms with Crippen LogP contribution in [-0.2, 0) is 0 Å². The summed E-state index contributed by atoms with van der Waals surface area (Å²) >= 11 is 9.22. The van der Waals surface area contributed by atoms with Gasteiger partial charge in [-0.05, 0) is 52.7 Å². The Morgan fingerprint density at radius 2 is 1.85 bits per heavy atom. The van der Waals surface area contributed by atoms with E-state index in [2.05, 4.69) is 21.2 Å². The average Bonchev–Trinajstić information content (AvgIpc) is 2.35. The second-order valence-electron chi connectivity index (χ2n) is 4.13. The van der Waals surface area contributed by atoms with Gasteiger partial charge >= 0.3 is 0 Å². The quantitative estimate of drug-likeness (QED) is 0.807. The van der Waals surface area contributed by atoms with E-state index < -0.39 is 23.1 Å². The predicted molar refractivity (Wildman–Crippen MR) is 78.2 cm³/mol. The molecule has 0 aromatic heterocycles. The summed E-state index contributed by atoms with van der Waals surface area (Å²) in [7, 11) is 0. The molecule has 2 rings (SSSR count). The van der Waals surface area contributed by atoms with Crippen molar-refractivity contribution in [3.63, 3.8) is 0 Å². The molecule has 2 aromatic carbocycles. The Bertz CT molecular complexity index is 671. The lowest BCUT2D eigenvalue weighted by Gasteiger charge is -2.10. The summed E-state index contributed by atoms with van der Waals surface area (Å²) < 4.78 is 27.6. The van der Waals surface area contributed by atoms with Crippen molar-refractivity contribution in [3.8, 4) is 0 Å². The van der Waals surface area contributed by atoms with Gasteiger partial charge in [-0.2, -0.15) is 0 Å². The number of hydrogen-bond donors (Lipinski definition) is 1. The number of hydrogen-bond acceptors (Lipinski definition) is 1. The zero-order valence-corrected chi connectivity index (χ0v) is 12.6. The summed E-state index contributed by atoms with van der Waals surface area (Å²) in [5.41, 5.74) is 0.526. The molecule has 6 heteroatoms. The van der Waals surface area contributed by atoms with Gasteiger partial charge < -0.3 is 5.32 Å². The van der Waals surface area contributed by atoms with Crippen LogP contribution in [-0.4, -0.2) is 5.91 Å². The molecule has 20 heavy (non-hydrogen) atoms. The molecule has 1 amide bonds. The van der Waals surface area contributed by atoms with E-state index in [0.29, 0.717) is 15.2 Å². The lowest BCUT2D eigenvalue weighted by Crippen LogP contribution is -2.16. The van der Waals surface area contributed by atoms with Gasteiger partial charge in [0, 0.05) is 9.50 Å². The Balaban J connectivity index is 2.35. The zero-order chi connectivity index (χ0) is 14.9. The second kappa shape index (κ2) is 5.89. The Kier molecular flexibility index (Phi) is 4.40. The number of benzene rings is 2. The molecular formula is C14H9BrClF2NO. The van der Waals surface area contributed by atoms with Crippen LogP contribution in [0.3, 0.4) is 0 Å². The highest BCUT2D eigenvalue weighted by atomic mass is 79.9. The van der Waals surface area contributed by atoms with E-state index >= 15 is 0 Å². The van der Waals surface area contributed by atoms with Gasteiger partial charge in [-0.3, -0.25) is 4.79 Å². The highest BCUT2D eigenvalue weighted by molar-refractivity contribution is 9.10. The van der Waals surface area contributed by atoms with Crippen LogP contribution in [0.15, 0.2) is 34.8 Å². The minimum Gasteiger partial charge on any atom is -0.321 e. The summed E-state index contributed by atoms with van der Waals surface area (Å²) in [6, 6.07) is 6.46. The van der Waals surface area contributed by atoms with Crippen molar-refractivity contribution in [2.75, 3.05) is 5.32 Å². The summed E-state index contributed by atoms with van der Waals surface area (Å²) in [6.07, 6.45) is 0. The number of carbonyl (C=O) groups is 1. The van der Waals surface area contributed by atoms with Gasteiger partial charge in [0.15, 0.2) is 0 Å². The molecule has 0 spiro atoms. The molecular weight excluding hydrogens is 352 g/mol. The van der Waals surface area contributed by atoms with E-state index in [1.165, 1.54) is 12.1 Å². The van der Waals surface area contributed by atoms with Crippen molar-refractivity contribution in [1.29, 1.82) is 0 Å². The Labute approximate surface area is 127 Å². The third kappa shape index (κ3) is 2.99. The highest BCUT2D eigenvalue weighted by Gasteiger charge is 2.18. The maximum absolute atomic E-state index is 13.5. The molecule has 2 aromatic rings. The lowest BCUT2D eigenvalue weighted by atomic mass is 10.1. The molecule has 0 aliphatic carbocycles. The molecule has 0 unspecified atom stereocenters. The van der Waals surface area contributed by atoms with Crippen LogP contribution < -0.4 is 5.32 Å². The molecule has 0 atom stereocenters. The molecule has 0 heterocycles. The SMILES string of the molecule is Cc1cc(Br)c(NC(=O)c2c(F)cccc2F)cc1Cl. The first-order valence-electron chi connectivity index (χ1n) is 5.61.